The Kier molecular flexibility index (Phi) is 3.93. The van der Waals surface area contributed by atoms with Crippen LogP contribution in [0.25, 0.3) is 0 Å². The van der Waals surface area contributed by atoms with E-state index >= 15 is 0 Å². The summed E-state index contributed by atoms with van der Waals surface area (Å²) in [6.45, 7) is 5.15. The van der Waals surface area contributed by atoms with Crippen LogP contribution >= 0.6 is 0 Å². The quantitative estimate of drug-likeness (QED) is 0.846. The number of carboxylic acids is 1. The Morgan fingerprint density at radius 2 is 2.30 bits per heavy atom. The van der Waals surface area contributed by atoms with Crippen LogP contribution < -0.4 is 5.32 Å². The molecule has 2 rings (SSSR count). The number of carbonyl (C=O) groups excluding carboxylic acids is 1. The lowest BCUT2D eigenvalue weighted by Gasteiger charge is -2.37. The average molecular weight is 282 g/mol. The van der Waals surface area contributed by atoms with Crippen LogP contribution in [0, 0.1) is 0 Å². The van der Waals surface area contributed by atoms with Crippen LogP contribution in [0.1, 0.15) is 13.8 Å². The zero-order valence-corrected chi connectivity index (χ0v) is 11.5. The lowest BCUT2D eigenvalue weighted by atomic mass is 10.1. The highest BCUT2D eigenvalue weighted by Crippen LogP contribution is 2.17. The van der Waals surface area contributed by atoms with Crippen molar-refractivity contribution in [1.29, 1.82) is 0 Å². The molecule has 0 unspecified atom stereocenters. The van der Waals surface area contributed by atoms with Crippen molar-refractivity contribution in [2.45, 2.75) is 26.0 Å². The van der Waals surface area contributed by atoms with Gasteiger partial charge < -0.3 is 20.1 Å². The number of amides is 2. The molecular formula is C12H18N4O4. The molecule has 1 aromatic rings. The highest BCUT2D eigenvalue weighted by molar-refractivity contribution is 5.89. The first-order valence-electron chi connectivity index (χ1n) is 6.30. The lowest BCUT2D eigenvalue weighted by Crippen LogP contribution is -2.51. The highest BCUT2D eigenvalue weighted by atomic mass is 16.5. The Balaban J connectivity index is 1.94. The first kappa shape index (κ1) is 14.3. The van der Waals surface area contributed by atoms with Gasteiger partial charge in [-0.05, 0) is 13.8 Å². The second-order valence-electron chi connectivity index (χ2n) is 5.28. The first-order valence-corrected chi connectivity index (χ1v) is 6.30. The molecule has 0 atom stereocenters. The van der Waals surface area contributed by atoms with Gasteiger partial charge in [-0.1, -0.05) is 0 Å². The highest BCUT2D eigenvalue weighted by Gasteiger charge is 2.30. The number of aliphatic carboxylic acids is 1. The normalized spacial score (nSPS) is 17.8. The van der Waals surface area contributed by atoms with Crippen LogP contribution in [0.15, 0.2) is 12.4 Å². The fourth-order valence-electron chi connectivity index (χ4n) is 2.05. The van der Waals surface area contributed by atoms with E-state index in [1.165, 1.54) is 17.1 Å². The standard InChI is InChI=1S/C12H18N4O4/c1-12(2)8-15(3-4-20-12)11(19)14-9-5-13-16(6-9)7-10(17)18/h5-6H,3-4,7-8H2,1-2H3,(H,14,19)(H,17,18). The van der Waals surface area contributed by atoms with Gasteiger partial charge in [0, 0.05) is 12.7 Å². The fourth-order valence-corrected chi connectivity index (χ4v) is 2.05. The van der Waals surface area contributed by atoms with Gasteiger partial charge in [-0.2, -0.15) is 5.10 Å². The SMILES string of the molecule is CC1(C)CN(C(=O)Nc2cnn(CC(=O)O)c2)CCO1. The maximum atomic E-state index is 12.1. The molecule has 1 saturated heterocycles. The van der Waals surface area contributed by atoms with Gasteiger partial charge in [-0.25, -0.2) is 4.79 Å². The van der Waals surface area contributed by atoms with E-state index in [4.69, 9.17) is 9.84 Å². The molecular weight excluding hydrogens is 264 g/mol. The predicted molar refractivity (Wildman–Crippen MR) is 70.5 cm³/mol. The third-order valence-corrected chi connectivity index (χ3v) is 2.89. The van der Waals surface area contributed by atoms with Crippen LogP contribution in [0.2, 0.25) is 0 Å². The topological polar surface area (TPSA) is 96.7 Å². The molecule has 2 heterocycles. The Bertz CT molecular complexity index is 511. The van der Waals surface area contributed by atoms with Gasteiger partial charge in [0.2, 0.25) is 0 Å². The van der Waals surface area contributed by atoms with Crippen LogP contribution in [0.3, 0.4) is 0 Å². The Morgan fingerprint density at radius 3 is 2.95 bits per heavy atom. The second kappa shape index (κ2) is 5.49. The number of nitrogens with zero attached hydrogens (tertiary/aromatic N) is 3. The largest absolute Gasteiger partial charge is 0.480 e. The van der Waals surface area contributed by atoms with Crippen molar-refractivity contribution in [2.24, 2.45) is 0 Å². The fraction of sp³-hybridized carbons (Fsp3) is 0.583. The van der Waals surface area contributed by atoms with E-state index in [-0.39, 0.29) is 18.2 Å². The number of hydrogen-bond donors (Lipinski definition) is 2. The number of carboxylic acid groups (broad SMARTS) is 1. The van der Waals surface area contributed by atoms with Crippen molar-refractivity contribution in [2.75, 3.05) is 25.0 Å². The van der Waals surface area contributed by atoms with Crippen molar-refractivity contribution in [3.05, 3.63) is 12.4 Å². The van der Waals surface area contributed by atoms with Crippen molar-refractivity contribution in [1.82, 2.24) is 14.7 Å². The summed E-state index contributed by atoms with van der Waals surface area (Å²) < 4.78 is 6.79. The number of anilines is 1. The summed E-state index contributed by atoms with van der Waals surface area (Å²) in [5, 5.41) is 15.2. The summed E-state index contributed by atoms with van der Waals surface area (Å²) in [4.78, 5) is 24.3. The smallest absolute Gasteiger partial charge is 0.325 e. The summed E-state index contributed by atoms with van der Waals surface area (Å²) in [7, 11) is 0. The summed E-state index contributed by atoms with van der Waals surface area (Å²) in [5.41, 5.74) is 0.115. The number of hydrogen-bond acceptors (Lipinski definition) is 4. The number of morpholine rings is 1. The Hall–Kier alpha value is -2.09. The number of nitrogens with one attached hydrogen (secondary N) is 1. The molecule has 1 fully saturated rings. The van der Waals surface area contributed by atoms with Gasteiger partial charge in [0.15, 0.2) is 0 Å². The molecule has 0 saturated carbocycles. The zero-order chi connectivity index (χ0) is 14.8. The van der Waals surface area contributed by atoms with Crippen molar-refractivity contribution in [3.8, 4) is 0 Å². The number of ether oxygens (including phenoxy) is 1. The number of rotatable bonds is 3. The van der Waals surface area contributed by atoms with Gasteiger partial charge in [0.05, 0.1) is 30.6 Å². The minimum absolute atomic E-state index is 0.236. The van der Waals surface area contributed by atoms with Crippen molar-refractivity contribution >= 4 is 17.7 Å². The van der Waals surface area contributed by atoms with Gasteiger partial charge in [-0.15, -0.1) is 0 Å². The molecule has 8 heteroatoms. The molecule has 0 bridgehead atoms. The molecule has 2 amide bonds. The van der Waals surface area contributed by atoms with E-state index in [1.54, 1.807) is 4.90 Å². The van der Waals surface area contributed by atoms with Crippen LogP contribution in [0.4, 0.5) is 10.5 Å². The van der Waals surface area contributed by atoms with Crippen LogP contribution in [-0.2, 0) is 16.1 Å². The number of aromatic nitrogens is 2. The number of urea groups is 1. The molecule has 1 aromatic heterocycles. The third kappa shape index (κ3) is 3.70. The van der Waals surface area contributed by atoms with Crippen LogP contribution in [0.5, 0.6) is 0 Å². The minimum Gasteiger partial charge on any atom is -0.480 e. The van der Waals surface area contributed by atoms with E-state index < -0.39 is 5.97 Å². The molecule has 20 heavy (non-hydrogen) atoms. The Morgan fingerprint density at radius 1 is 1.55 bits per heavy atom. The molecule has 1 aliphatic heterocycles. The maximum Gasteiger partial charge on any atom is 0.325 e. The summed E-state index contributed by atoms with van der Waals surface area (Å²) >= 11 is 0. The van der Waals surface area contributed by atoms with E-state index in [1.807, 2.05) is 13.8 Å². The lowest BCUT2D eigenvalue weighted by molar-refractivity contribution is -0.137. The van der Waals surface area contributed by atoms with E-state index in [2.05, 4.69) is 10.4 Å². The van der Waals surface area contributed by atoms with Crippen LogP contribution in [-0.4, -0.2) is 57.1 Å². The maximum absolute atomic E-state index is 12.1. The zero-order valence-electron chi connectivity index (χ0n) is 11.5. The van der Waals surface area contributed by atoms with Gasteiger partial charge >= 0.3 is 12.0 Å². The van der Waals surface area contributed by atoms with Crippen molar-refractivity contribution in [3.63, 3.8) is 0 Å². The van der Waals surface area contributed by atoms with Gasteiger partial charge in [0.1, 0.15) is 6.54 Å². The molecule has 2 N–H and O–H groups in total. The molecule has 0 aliphatic carbocycles. The molecule has 8 nitrogen and oxygen atoms in total. The van der Waals surface area contributed by atoms with E-state index in [0.717, 1.165) is 0 Å². The van der Waals surface area contributed by atoms with E-state index in [0.29, 0.717) is 25.4 Å². The monoisotopic (exact) mass is 282 g/mol. The average Bonchev–Trinajstić information content (AvgIpc) is 2.74. The first-order chi connectivity index (χ1) is 9.35. The molecule has 110 valence electrons. The molecule has 0 spiro atoms. The molecule has 0 aromatic carbocycles. The Labute approximate surface area is 116 Å². The third-order valence-electron chi connectivity index (χ3n) is 2.89. The molecule has 0 radical (unpaired) electrons. The van der Waals surface area contributed by atoms with Gasteiger partial charge in [0.25, 0.3) is 0 Å². The second-order valence-corrected chi connectivity index (χ2v) is 5.28. The van der Waals surface area contributed by atoms with E-state index in [9.17, 15) is 9.59 Å². The molecule has 1 aliphatic rings. The summed E-state index contributed by atoms with van der Waals surface area (Å²) in [6, 6.07) is -0.240. The summed E-state index contributed by atoms with van der Waals surface area (Å²) in [6.07, 6.45) is 2.91. The summed E-state index contributed by atoms with van der Waals surface area (Å²) in [5.74, 6) is -0.985. The van der Waals surface area contributed by atoms with Gasteiger partial charge in [-0.3, -0.25) is 9.48 Å². The predicted octanol–water partition coefficient (Wildman–Crippen LogP) is 0.610. The number of carbonyl (C=O) groups is 2. The van der Waals surface area contributed by atoms with Crippen molar-refractivity contribution < 1.29 is 19.4 Å². The minimum atomic E-state index is -0.985.